The van der Waals surface area contributed by atoms with Crippen LogP contribution in [0.25, 0.3) is 11.5 Å². The predicted molar refractivity (Wildman–Crippen MR) is 108 cm³/mol. The number of amides is 2. The molecule has 7 heteroatoms. The molecule has 2 N–H and O–H groups in total. The number of primary amides is 1. The van der Waals surface area contributed by atoms with E-state index in [0.29, 0.717) is 23.8 Å². The molecule has 3 heterocycles. The quantitative estimate of drug-likeness (QED) is 0.823. The van der Waals surface area contributed by atoms with E-state index in [9.17, 15) is 4.79 Å². The lowest BCUT2D eigenvalue weighted by molar-refractivity contribution is 0.160. The van der Waals surface area contributed by atoms with Gasteiger partial charge in [0.1, 0.15) is 0 Å². The van der Waals surface area contributed by atoms with Gasteiger partial charge in [-0.15, -0.1) is 0 Å². The van der Waals surface area contributed by atoms with Crippen molar-refractivity contribution in [1.29, 1.82) is 0 Å². The molecule has 2 amide bonds. The Hall–Kier alpha value is -2.41. The highest BCUT2D eigenvalue weighted by Crippen LogP contribution is 2.39. The number of hydrogen-bond acceptors (Lipinski definition) is 5. The summed E-state index contributed by atoms with van der Waals surface area (Å²) in [5, 5.41) is 4.10. The highest BCUT2D eigenvalue weighted by Gasteiger charge is 2.42. The minimum absolute atomic E-state index is 0.0924. The summed E-state index contributed by atoms with van der Waals surface area (Å²) in [4.78, 5) is 21.3. The van der Waals surface area contributed by atoms with E-state index in [1.54, 1.807) is 4.90 Å². The number of benzene rings is 1. The Balaban J connectivity index is 1.65. The molecule has 0 aliphatic carbocycles. The van der Waals surface area contributed by atoms with Crippen molar-refractivity contribution in [3.05, 3.63) is 30.1 Å². The van der Waals surface area contributed by atoms with Crippen LogP contribution in [0.5, 0.6) is 0 Å². The number of fused-ring (bicyclic) bond motifs is 2. The number of aromatic nitrogens is 2. The van der Waals surface area contributed by atoms with Gasteiger partial charge in [-0.1, -0.05) is 30.6 Å². The lowest BCUT2D eigenvalue weighted by Gasteiger charge is -2.41. The zero-order chi connectivity index (χ0) is 19.7. The van der Waals surface area contributed by atoms with Gasteiger partial charge in [-0.3, -0.25) is 4.90 Å². The smallest absolute Gasteiger partial charge is 0.319 e. The minimum Gasteiger partial charge on any atom is -0.351 e. The molecule has 0 radical (unpaired) electrons. The zero-order valence-corrected chi connectivity index (χ0v) is 16.7. The van der Waals surface area contributed by atoms with E-state index >= 15 is 0 Å². The number of piperidine rings is 1. The second-order valence-electron chi connectivity index (χ2n) is 8.02. The van der Waals surface area contributed by atoms with Crippen molar-refractivity contribution in [2.24, 2.45) is 5.73 Å². The van der Waals surface area contributed by atoms with Crippen molar-refractivity contribution in [3.63, 3.8) is 0 Å². The second kappa shape index (κ2) is 7.91. The van der Waals surface area contributed by atoms with Crippen molar-refractivity contribution >= 4 is 11.7 Å². The second-order valence-corrected chi connectivity index (χ2v) is 8.02. The highest BCUT2D eigenvalue weighted by atomic mass is 16.5. The average Bonchev–Trinajstić information content (AvgIpc) is 3.21. The number of para-hydroxylation sites is 1. The summed E-state index contributed by atoms with van der Waals surface area (Å²) < 4.78 is 5.53. The normalized spacial score (nSPS) is 24.4. The first-order chi connectivity index (χ1) is 13.6. The molecule has 2 saturated heterocycles. The average molecular weight is 383 g/mol. The molecular formula is C21H29N5O2. The van der Waals surface area contributed by atoms with Crippen LogP contribution in [0.1, 0.15) is 51.3 Å². The topological polar surface area (TPSA) is 88.5 Å². The fourth-order valence-electron chi connectivity index (χ4n) is 4.75. The Morgan fingerprint density at radius 2 is 2.00 bits per heavy atom. The molecule has 28 heavy (non-hydrogen) atoms. The molecule has 2 aromatic rings. The summed E-state index contributed by atoms with van der Waals surface area (Å²) in [6.45, 7) is 2.13. The SMILES string of the molecule is CCCCc1noc(-c2ccccc2N(C(N)=O)C2CC3CCC(C2)N3C)n1. The van der Waals surface area contributed by atoms with Crippen molar-refractivity contribution < 1.29 is 9.32 Å². The molecule has 1 aromatic heterocycles. The molecule has 150 valence electrons. The van der Waals surface area contributed by atoms with Crippen LogP contribution in [0, 0.1) is 0 Å². The van der Waals surface area contributed by atoms with Crippen molar-refractivity contribution in [2.45, 2.75) is 70.0 Å². The Kier molecular flexibility index (Phi) is 5.35. The number of rotatable bonds is 6. The van der Waals surface area contributed by atoms with Crippen molar-refractivity contribution in [1.82, 2.24) is 15.0 Å². The van der Waals surface area contributed by atoms with Gasteiger partial charge in [0.15, 0.2) is 5.82 Å². The maximum Gasteiger partial charge on any atom is 0.319 e. The fourth-order valence-corrected chi connectivity index (χ4v) is 4.75. The first kappa shape index (κ1) is 18.9. The van der Waals surface area contributed by atoms with Gasteiger partial charge in [-0.2, -0.15) is 4.98 Å². The van der Waals surface area contributed by atoms with E-state index in [2.05, 4.69) is 29.0 Å². The van der Waals surface area contributed by atoms with Crippen molar-refractivity contribution in [2.75, 3.05) is 11.9 Å². The number of carbonyl (C=O) groups is 1. The predicted octanol–water partition coefficient (Wildman–Crippen LogP) is 3.59. The van der Waals surface area contributed by atoms with E-state index in [1.807, 2.05) is 24.3 Å². The Morgan fingerprint density at radius 1 is 1.29 bits per heavy atom. The lowest BCUT2D eigenvalue weighted by Crippen LogP contribution is -2.52. The molecule has 0 saturated carbocycles. The molecule has 0 spiro atoms. The minimum atomic E-state index is -0.424. The van der Waals surface area contributed by atoms with Crippen molar-refractivity contribution in [3.8, 4) is 11.5 Å². The van der Waals surface area contributed by atoms with Gasteiger partial charge < -0.3 is 15.2 Å². The Labute approximate surface area is 165 Å². The molecule has 7 nitrogen and oxygen atoms in total. The molecule has 2 bridgehead atoms. The first-order valence-electron chi connectivity index (χ1n) is 10.3. The van der Waals surface area contributed by atoms with Gasteiger partial charge >= 0.3 is 6.03 Å². The maximum atomic E-state index is 12.5. The molecule has 2 aliphatic rings. The first-order valence-corrected chi connectivity index (χ1v) is 10.3. The van der Waals surface area contributed by atoms with Crippen LogP contribution in [0.15, 0.2) is 28.8 Å². The fraction of sp³-hybridized carbons (Fsp3) is 0.571. The zero-order valence-electron chi connectivity index (χ0n) is 16.7. The number of urea groups is 1. The number of hydrogen-bond donors (Lipinski definition) is 1. The molecule has 4 rings (SSSR count). The summed E-state index contributed by atoms with van der Waals surface area (Å²) in [7, 11) is 2.19. The van der Waals surface area contributed by atoms with E-state index in [1.165, 1.54) is 12.8 Å². The van der Waals surface area contributed by atoms with E-state index in [0.717, 1.165) is 43.4 Å². The van der Waals surface area contributed by atoms with E-state index in [4.69, 9.17) is 10.3 Å². The van der Waals surface area contributed by atoms with Crippen LogP contribution < -0.4 is 10.6 Å². The third-order valence-corrected chi connectivity index (χ3v) is 6.29. The third-order valence-electron chi connectivity index (χ3n) is 6.29. The van der Waals surface area contributed by atoms with Gasteiger partial charge in [0.05, 0.1) is 11.3 Å². The Morgan fingerprint density at radius 3 is 2.68 bits per heavy atom. The molecule has 2 unspecified atom stereocenters. The molecule has 1 aromatic carbocycles. The number of nitrogens with zero attached hydrogens (tertiary/aromatic N) is 4. The van der Waals surface area contributed by atoms with E-state index in [-0.39, 0.29) is 6.04 Å². The van der Waals surface area contributed by atoms with Gasteiger partial charge in [-0.25, -0.2) is 4.79 Å². The molecule has 2 atom stereocenters. The van der Waals surface area contributed by atoms with Gasteiger partial charge in [-0.05, 0) is 51.3 Å². The van der Waals surface area contributed by atoms with Gasteiger partial charge in [0.2, 0.25) is 0 Å². The number of carbonyl (C=O) groups excluding carboxylic acids is 1. The number of nitrogens with two attached hydrogens (primary N) is 1. The largest absolute Gasteiger partial charge is 0.351 e. The van der Waals surface area contributed by atoms with Gasteiger partial charge in [0.25, 0.3) is 5.89 Å². The highest BCUT2D eigenvalue weighted by molar-refractivity contribution is 5.95. The van der Waals surface area contributed by atoms with Crippen LogP contribution in [-0.4, -0.2) is 46.2 Å². The van der Waals surface area contributed by atoms with Crippen LogP contribution in [0.2, 0.25) is 0 Å². The summed E-state index contributed by atoms with van der Waals surface area (Å²) in [6.07, 6.45) is 7.15. The molecule has 2 aliphatic heterocycles. The Bertz CT molecular complexity index is 822. The summed E-state index contributed by atoms with van der Waals surface area (Å²) in [5.74, 6) is 1.15. The maximum absolute atomic E-state index is 12.5. The number of aryl methyl sites for hydroxylation is 1. The lowest BCUT2D eigenvalue weighted by atomic mass is 9.95. The summed E-state index contributed by atoms with van der Waals surface area (Å²) in [5.41, 5.74) is 7.40. The van der Waals surface area contributed by atoms with Crippen LogP contribution in [0.3, 0.4) is 0 Å². The summed E-state index contributed by atoms with van der Waals surface area (Å²) in [6, 6.07) is 8.40. The molecule has 2 fully saturated rings. The van der Waals surface area contributed by atoms with Crippen LogP contribution in [-0.2, 0) is 6.42 Å². The van der Waals surface area contributed by atoms with E-state index < -0.39 is 6.03 Å². The van der Waals surface area contributed by atoms with Crippen LogP contribution in [0.4, 0.5) is 10.5 Å². The summed E-state index contributed by atoms with van der Waals surface area (Å²) >= 11 is 0. The number of unbranched alkanes of at least 4 members (excludes halogenated alkanes) is 1. The van der Waals surface area contributed by atoms with Gasteiger partial charge in [0, 0.05) is 24.5 Å². The third kappa shape index (κ3) is 3.51. The standard InChI is InChI=1S/C21H29N5O2/c1-3-4-9-19-23-20(28-24-19)17-7-5-6-8-18(17)26(21(22)27)16-12-14-10-11-15(13-16)25(14)2/h5-8,14-16H,3-4,9-13H2,1-2H3,(H2,22,27). The van der Waals surface area contributed by atoms with Crippen LogP contribution >= 0.6 is 0 Å². The molecular weight excluding hydrogens is 354 g/mol. The number of anilines is 1. The monoisotopic (exact) mass is 383 g/mol.